The molecule has 2 rings (SSSR count). The van der Waals surface area contributed by atoms with E-state index in [0.29, 0.717) is 6.54 Å². The summed E-state index contributed by atoms with van der Waals surface area (Å²) < 4.78 is 13.7. The Labute approximate surface area is 117 Å². The zero-order valence-corrected chi connectivity index (χ0v) is 12.1. The Morgan fingerprint density at radius 3 is 2.78 bits per heavy atom. The highest BCUT2D eigenvalue weighted by molar-refractivity contribution is 9.10. The van der Waals surface area contributed by atoms with Gasteiger partial charge in [0.05, 0.1) is 9.40 Å². The first-order chi connectivity index (χ1) is 8.47. The van der Waals surface area contributed by atoms with Crippen LogP contribution in [0.1, 0.15) is 12.8 Å². The number of nitrogens with zero attached hydrogens (tertiary/aromatic N) is 1. The Bertz CT molecular complexity index is 494. The Morgan fingerprint density at radius 2 is 2.28 bits per heavy atom. The predicted octanol–water partition coefficient (Wildman–Crippen LogP) is 3.80. The van der Waals surface area contributed by atoms with Gasteiger partial charge in [0.25, 0.3) is 5.69 Å². The zero-order valence-electron chi connectivity index (χ0n) is 9.70. The number of nitrogens with one attached hydrogen (secondary N) is 1. The van der Waals surface area contributed by atoms with Gasteiger partial charge in [-0.3, -0.25) is 10.1 Å². The number of thioether (sulfide) groups is 1. The van der Waals surface area contributed by atoms with Crippen LogP contribution < -0.4 is 5.32 Å². The zero-order chi connectivity index (χ0) is 13.3. The van der Waals surface area contributed by atoms with E-state index in [4.69, 9.17) is 0 Å². The fourth-order valence-corrected chi connectivity index (χ4v) is 2.74. The minimum atomic E-state index is -0.509. The molecule has 0 radical (unpaired) electrons. The third-order valence-corrected chi connectivity index (χ3v) is 5.10. The van der Waals surface area contributed by atoms with Crippen molar-refractivity contribution in [2.75, 3.05) is 18.1 Å². The minimum absolute atomic E-state index is 0.103. The molecular formula is C11H12BrFN2O2S. The van der Waals surface area contributed by atoms with E-state index < -0.39 is 10.7 Å². The predicted molar refractivity (Wildman–Crippen MR) is 74.7 cm³/mol. The van der Waals surface area contributed by atoms with Gasteiger partial charge in [-0.05, 0) is 35.0 Å². The molecule has 0 amide bonds. The fraction of sp³-hybridized carbons (Fsp3) is 0.455. The Morgan fingerprint density at radius 1 is 1.61 bits per heavy atom. The lowest BCUT2D eigenvalue weighted by Gasteiger charge is -2.14. The van der Waals surface area contributed by atoms with Crippen LogP contribution in [0.2, 0.25) is 0 Å². The molecule has 0 saturated heterocycles. The molecule has 0 aliphatic heterocycles. The summed E-state index contributed by atoms with van der Waals surface area (Å²) in [5.74, 6) is -0.503. The lowest BCUT2D eigenvalue weighted by atomic mass is 10.2. The number of anilines is 1. The number of hydrogen-bond acceptors (Lipinski definition) is 4. The van der Waals surface area contributed by atoms with Gasteiger partial charge < -0.3 is 5.32 Å². The summed E-state index contributed by atoms with van der Waals surface area (Å²) in [6.07, 6.45) is 4.20. The summed E-state index contributed by atoms with van der Waals surface area (Å²) in [4.78, 5) is 10.4. The summed E-state index contributed by atoms with van der Waals surface area (Å²) in [6, 6.07) is 2.36. The van der Waals surface area contributed by atoms with Crippen molar-refractivity contribution in [2.45, 2.75) is 17.6 Å². The molecule has 18 heavy (non-hydrogen) atoms. The van der Waals surface area contributed by atoms with Crippen LogP contribution in [0, 0.1) is 15.9 Å². The van der Waals surface area contributed by atoms with Crippen LogP contribution in [0.4, 0.5) is 15.8 Å². The number of benzene rings is 1. The first kappa shape index (κ1) is 13.6. The molecule has 0 aromatic heterocycles. The molecule has 1 fully saturated rings. The Kier molecular flexibility index (Phi) is 3.82. The van der Waals surface area contributed by atoms with Crippen LogP contribution >= 0.6 is 27.7 Å². The molecule has 7 heteroatoms. The summed E-state index contributed by atoms with van der Waals surface area (Å²) in [7, 11) is 0. The third kappa shape index (κ3) is 2.77. The molecule has 0 spiro atoms. The van der Waals surface area contributed by atoms with Gasteiger partial charge >= 0.3 is 0 Å². The molecule has 98 valence electrons. The van der Waals surface area contributed by atoms with Crippen LogP contribution in [0.15, 0.2) is 16.6 Å². The average Bonchev–Trinajstić information content (AvgIpc) is 3.10. The minimum Gasteiger partial charge on any atom is -0.378 e. The van der Waals surface area contributed by atoms with E-state index in [-0.39, 0.29) is 20.6 Å². The second-order valence-corrected chi connectivity index (χ2v) is 6.41. The lowest BCUT2D eigenvalue weighted by Crippen LogP contribution is -2.18. The van der Waals surface area contributed by atoms with Crippen LogP contribution in [0.5, 0.6) is 0 Å². The van der Waals surface area contributed by atoms with Crippen LogP contribution in [-0.4, -0.2) is 22.5 Å². The first-order valence-electron chi connectivity index (χ1n) is 5.40. The quantitative estimate of drug-likeness (QED) is 0.657. The summed E-state index contributed by atoms with van der Waals surface area (Å²) in [6.45, 7) is 0.621. The van der Waals surface area contributed by atoms with Gasteiger partial charge in [0.2, 0.25) is 0 Å². The van der Waals surface area contributed by atoms with Crippen molar-refractivity contribution in [2.24, 2.45) is 0 Å². The van der Waals surface area contributed by atoms with E-state index in [2.05, 4.69) is 21.2 Å². The van der Waals surface area contributed by atoms with E-state index in [9.17, 15) is 14.5 Å². The Hall–Kier alpha value is -0.820. The van der Waals surface area contributed by atoms with Gasteiger partial charge in [0.1, 0.15) is 11.5 Å². The van der Waals surface area contributed by atoms with Gasteiger partial charge in [0, 0.05) is 23.4 Å². The van der Waals surface area contributed by atoms with Crippen molar-refractivity contribution in [3.05, 3.63) is 32.5 Å². The van der Waals surface area contributed by atoms with E-state index in [1.165, 1.54) is 12.1 Å². The number of hydrogen-bond donors (Lipinski definition) is 1. The van der Waals surface area contributed by atoms with Crippen molar-refractivity contribution >= 4 is 39.1 Å². The maximum Gasteiger partial charge on any atom is 0.293 e. The van der Waals surface area contributed by atoms with Gasteiger partial charge in [-0.2, -0.15) is 11.8 Å². The molecule has 1 N–H and O–H groups in total. The van der Waals surface area contributed by atoms with Gasteiger partial charge in [0.15, 0.2) is 0 Å². The van der Waals surface area contributed by atoms with Crippen LogP contribution in [0.25, 0.3) is 0 Å². The Balaban J connectivity index is 2.20. The highest BCUT2D eigenvalue weighted by Gasteiger charge is 2.41. The molecule has 1 saturated carbocycles. The highest BCUT2D eigenvalue weighted by atomic mass is 79.9. The van der Waals surface area contributed by atoms with Gasteiger partial charge in [-0.15, -0.1) is 0 Å². The summed E-state index contributed by atoms with van der Waals surface area (Å²) in [5, 5.41) is 13.9. The second-order valence-electron chi connectivity index (χ2n) is 4.28. The topological polar surface area (TPSA) is 55.2 Å². The molecule has 1 aromatic carbocycles. The van der Waals surface area contributed by atoms with Crippen molar-refractivity contribution in [3.63, 3.8) is 0 Å². The number of halogens is 2. The second kappa shape index (κ2) is 5.05. The van der Waals surface area contributed by atoms with Crippen molar-refractivity contribution < 1.29 is 9.31 Å². The van der Waals surface area contributed by atoms with Crippen molar-refractivity contribution in [1.29, 1.82) is 0 Å². The molecule has 0 unspecified atom stereocenters. The molecule has 1 aliphatic rings. The monoisotopic (exact) mass is 334 g/mol. The molecule has 1 aromatic rings. The maximum atomic E-state index is 13.4. The first-order valence-corrected chi connectivity index (χ1v) is 7.42. The standard InChI is InChI=1S/C11H12BrFN2O2S/c1-18-11(2-3-11)6-14-9-5-8(13)7(12)4-10(9)15(16)17/h4-5,14H,2-3,6H2,1H3. The van der Waals surface area contributed by atoms with Crippen molar-refractivity contribution in [1.82, 2.24) is 0 Å². The smallest absolute Gasteiger partial charge is 0.293 e. The normalized spacial score (nSPS) is 16.4. The van der Waals surface area contributed by atoms with E-state index >= 15 is 0 Å². The molecular weight excluding hydrogens is 323 g/mol. The molecule has 1 aliphatic carbocycles. The largest absolute Gasteiger partial charge is 0.378 e. The van der Waals surface area contributed by atoms with Crippen molar-refractivity contribution in [3.8, 4) is 0 Å². The SMILES string of the molecule is CSC1(CNc2cc(F)c(Br)cc2[N+](=O)[O-])CC1. The highest BCUT2D eigenvalue weighted by Crippen LogP contribution is 2.47. The number of nitro groups is 1. The van der Waals surface area contributed by atoms with Gasteiger partial charge in [-0.25, -0.2) is 4.39 Å². The van der Waals surface area contributed by atoms with E-state index in [0.717, 1.165) is 12.8 Å². The van der Waals surface area contributed by atoms with Gasteiger partial charge in [-0.1, -0.05) is 0 Å². The van der Waals surface area contributed by atoms with E-state index in [1.807, 2.05) is 6.26 Å². The maximum absolute atomic E-state index is 13.4. The average molecular weight is 335 g/mol. The van der Waals surface area contributed by atoms with Crippen LogP contribution in [-0.2, 0) is 0 Å². The third-order valence-electron chi connectivity index (χ3n) is 3.08. The van der Waals surface area contributed by atoms with Crippen LogP contribution in [0.3, 0.4) is 0 Å². The lowest BCUT2D eigenvalue weighted by molar-refractivity contribution is -0.384. The van der Waals surface area contributed by atoms with E-state index in [1.54, 1.807) is 11.8 Å². The summed E-state index contributed by atoms with van der Waals surface area (Å²) >= 11 is 4.70. The fourth-order valence-electron chi connectivity index (χ4n) is 1.68. The number of rotatable bonds is 5. The molecule has 0 bridgehead atoms. The molecule has 4 nitrogen and oxygen atoms in total. The molecule has 0 atom stereocenters. The number of nitro benzene ring substituents is 1. The summed E-state index contributed by atoms with van der Waals surface area (Å²) in [5.41, 5.74) is 0.126. The molecule has 0 heterocycles.